The van der Waals surface area contributed by atoms with Gasteiger partial charge in [0.25, 0.3) is 0 Å². The molecule has 1 atom stereocenters. The third-order valence-electron chi connectivity index (χ3n) is 5.52. The van der Waals surface area contributed by atoms with Gasteiger partial charge in [0.15, 0.2) is 5.75 Å². The predicted molar refractivity (Wildman–Crippen MR) is 124 cm³/mol. The normalized spacial score (nSPS) is 15.1. The van der Waals surface area contributed by atoms with Crippen LogP contribution in [-0.4, -0.2) is 5.97 Å². The van der Waals surface area contributed by atoms with Crippen molar-refractivity contribution in [1.29, 1.82) is 5.26 Å². The molecule has 1 aliphatic heterocycles. The van der Waals surface area contributed by atoms with E-state index in [4.69, 9.17) is 15.2 Å². The minimum absolute atomic E-state index is 0.0635. The van der Waals surface area contributed by atoms with Crippen molar-refractivity contribution >= 4 is 27.4 Å². The van der Waals surface area contributed by atoms with Crippen molar-refractivity contribution in [2.75, 3.05) is 0 Å². The van der Waals surface area contributed by atoms with E-state index in [1.807, 2.05) is 55.5 Å². The van der Waals surface area contributed by atoms with Gasteiger partial charge >= 0.3 is 5.97 Å². The van der Waals surface area contributed by atoms with Crippen LogP contribution in [0, 0.1) is 18.3 Å². The van der Waals surface area contributed by atoms with Gasteiger partial charge in [-0.2, -0.15) is 5.26 Å². The molecule has 6 heteroatoms. The van der Waals surface area contributed by atoms with Gasteiger partial charge in [0.05, 0.1) is 16.4 Å². The Kier molecular flexibility index (Phi) is 4.89. The number of para-hydroxylation sites is 1. The summed E-state index contributed by atoms with van der Waals surface area (Å²) in [5, 5.41) is 10.8. The van der Waals surface area contributed by atoms with Gasteiger partial charge in [-0.15, -0.1) is 11.3 Å². The van der Waals surface area contributed by atoms with Gasteiger partial charge in [0.2, 0.25) is 5.88 Å². The zero-order chi connectivity index (χ0) is 22.2. The quantitative estimate of drug-likeness (QED) is 0.330. The number of carbonyl (C=O) groups excluding carboxylic acids is 1. The smallest absolute Gasteiger partial charge is 0.343 e. The number of rotatable bonds is 3. The number of aryl methyl sites for hydroxylation is 1. The highest BCUT2D eigenvalue weighted by Crippen LogP contribution is 2.51. The number of ether oxygens (including phenoxy) is 2. The number of carbonyl (C=O) groups is 1. The van der Waals surface area contributed by atoms with Crippen LogP contribution in [-0.2, 0) is 0 Å². The van der Waals surface area contributed by atoms with Gasteiger partial charge in [-0.25, -0.2) is 4.79 Å². The Morgan fingerprint density at radius 3 is 2.59 bits per heavy atom. The van der Waals surface area contributed by atoms with Crippen LogP contribution in [0.5, 0.6) is 11.5 Å². The minimum atomic E-state index is -0.498. The maximum absolute atomic E-state index is 12.9. The molecule has 5 rings (SSSR count). The van der Waals surface area contributed by atoms with Crippen molar-refractivity contribution in [1.82, 2.24) is 0 Å². The number of nitrogens with two attached hydrogens (primary N) is 1. The number of nitriles is 1. The Morgan fingerprint density at radius 2 is 1.78 bits per heavy atom. The van der Waals surface area contributed by atoms with Crippen LogP contribution in [0.1, 0.15) is 32.3 Å². The molecule has 0 aliphatic carbocycles. The average Bonchev–Trinajstić information content (AvgIpc) is 3.17. The van der Waals surface area contributed by atoms with Crippen molar-refractivity contribution in [3.05, 3.63) is 106 Å². The molecule has 1 aliphatic rings. The fraction of sp³-hybridized carbons (Fsp3) is 0.0769. The number of thiophene rings is 1. The van der Waals surface area contributed by atoms with Crippen molar-refractivity contribution < 1.29 is 14.3 Å². The highest BCUT2D eigenvalue weighted by molar-refractivity contribution is 7.19. The Bertz CT molecular complexity index is 1440. The number of nitrogens with zero attached hydrogens (tertiary/aromatic N) is 1. The molecule has 3 aromatic carbocycles. The van der Waals surface area contributed by atoms with Crippen LogP contribution < -0.4 is 15.2 Å². The third kappa shape index (κ3) is 3.20. The summed E-state index contributed by atoms with van der Waals surface area (Å²) in [6, 6.07) is 24.6. The first-order chi connectivity index (χ1) is 15.6. The molecular formula is C26H18N2O3S. The molecule has 0 saturated heterocycles. The number of benzene rings is 3. The molecule has 1 aromatic heterocycles. The van der Waals surface area contributed by atoms with Gasteiger partial charge in [-0.1, -0.05) is 48.5 Å². The molecule has 5 nitrogen and oxygen atoms in total. The molecule has 2 N–H and O–H groups in total. The third-order valence-corrected chi connectivity index (χ3v) is 6.74. The molecule has 0 fully saturated rings. The largest absolute Gasteiger partial charge is 0.439 e. The summed E-state index contributed by atoms with van der Waals surface area (Å²) in [4.78, 5) is 13.8. The molecule has 2 heterocycles. The lowest BCUT2D eigenvalue weighted by atomic mass is 9.87. The highest BCUT2D eigenvalue weighted by atomic mass is 32.1. The molecule has 0 saturated carbocycles. The van der Waals surface area contributed by atoms with E-state index in [1.54, 1.807) is 35.6 Å². The van der Waals surface area contributed by atoms with Gasteiger partial charge in [-0.05, 0) is 36.8 Å². The first-order valence-electron chi connectivity index (χ1n) is 10.0. The van der Waals surface area contributed by atoms with Crippen LogP contribution in [0.15, 0.2) is 84.3 Å². The maximum atomic E-state index is 12.9. The predicted octanol–water partition coefficient (Wildman–Crippen LogP) is 5.65. The van der Waals surface area contributed by atoms with Crippen LogP contribution in [0.4, 0.5) is 0 Å². The molecule has 0 radical (unpaired) electrons. The van der Waals surface area contributed by atoms with E-state index in [0.717, 1.165) is 20.5 Å². The average molecular weight is 439 g/mol. The summed E-state index contributed by atoms with van der Waals surface area (Å²) in [6.07, 6.45) is 0. The lowest BCUT2D eigenvalue weighted by molar-refractivity contribution is 0.0732. The molecule has 0 unspecified atom stereocenters. The lowest BCUT2D eigenvalue weighted by Crippen LogP contribution is -2.21. The Morgan fingerprint density at radius 1 is 1.06 bits per heavy atom. The van der Waals surface area contributed by atoms with Crippen molar-refractivity contribution in [2.24, 2.45) is 5.73 Å². The van der Waals surface area contributed by atoms with Crippen LogP contribution in [0.3, 0.4) is 0 Å². The molecular weight excluding hydrogens is 420 g/mol. The van der Waals surface area contributed by atoms with Crippen LogP contribution >= 0.6 is 11.3 Å². The number of esters is 1. The van der Waals surface area contributed by atoms with E-state index in [1.165, 1.54) is 0 Å². The van der Waals surface area contributed by atoms with Gasteiger partial charge < -0.3 is 15.2 Å². The first kappa shape index (κ1) is 19.9. The SMILES string of the molecule is Cc1ccccc1C(=O)Oc1ccccc1[C@H]1C(C#N)=C(N)Oc2c1sc1ccccc21. The highest BCUT2D eigenvalue weighted by Gasteiger charge is 2.35. The molecule has 4 aromatic rings. The molecule has 0 amide bonds. The Hall–Kier alpha value is -4.08. The summed E-state index contributed by atoms with van der Waals surface area (Å²) in [5.74, 6) is 0.147. The van der Waals surface area contributed by atoms with E-state index < -0.39 is 11.9 Å². The summed E-state index contributed by atoms with van der Waals surface area (Å²) < 4.78 is 12.8. The maximum Gasteiger partial charge on any atom is 0.343 e. The zero-order valence-electron chi connectivity index (χ0n) is 17.2. The summed E-state index contributed by atoms with van der Waals surface area (Å²) in [7, 11) is 0. The molecule has 32 heavy (non-hydrogen) atoms. The lowest BCUT2D eigenvalue weighted by Gasteiger charge is -2.25. The second kappa shape index (κ2) is 7.88. The monoisotopic (exact) mass is 438 g/mol. The number of hydrogen-bond donors (Lipinski definition) is 1. The standard InChI is InChI=1S/C26H18N2O3S/c1-15-8-2-3-9-16(15)26(29)30-20-12-6-4-10-17(20)22-19(14-27)25(28)31-23-18-11-5-7-13-21(18)32-24(22)23/h2-13,22H,28H2,1H3/t22-/m0/s1. The van der Waals surface area contributed by atoms with Gasteiger partial charge in [0, 0.05) is 15.6 Å². The second-order valence-corrected chi connectivity index (χ2v) is 8.54. The zero-order valence-corrected chi connectivity index (χ0v) is 18.0. The molecule has 156 valence electrons. The summed E-state index contributed by atoms with van der Waals surface area (Å²) >= 11 is 1.54. The summed E-state index contributed by atoms with van der Waals surface area (Å²) in [5.41, 5.74) is 8.48. The van der Waals surface area contributed by atoms with Crippen molar-refractivity contribution in [3.63, 3.8) is 0 Å². The number of fused-ring (bicyclic) bond motifs is 3. The first-order valence-corrected chi connectivity index (χ1v) is 10.9. The minimum Gasteiger partial charge on any atom is -0.439 e. The summed E-state index contributed by atoms with van der Waals surface area (Å²) in [6.45, 7) is 1.86. The van der Waals surface area contributed by atoms with E-state index >= 15 is 0 Å². The van der Waals surface area contributed by atoms with Gasteiger partial charge in [0.1, 0.15) is 17.4 Å². The number of hydrogen-bond acceptors (Lipinski definition) is 6. The molecule has 0 spiro atoms. The van der Waals surface area contributed by atoms with Crippen molar-refractivity contribution in [2.45, 2.75) is 12.8 Å². The number of allylic oxidation sites excluding steroid dienone is 1. The van der Waals surface area contributed by atoms with Crippen LogP contribution in [0.25, 0.3) is 10.1 Å². The fourth-order valence-corrected chi connectivity index (χ4v) is 5.22. The molecule has 0 bridgehead atoms. The Balaban J connectivity index is 1.65. The van der Waals surface area contributed by atoms with E-state index in [0.29, 0.717) is 28.2 Å². The van der Waals surface area contributed by atoms with Gasteiger partial charge in [-0.3, -0.25) is 0 Å². The van der Waals surface area contributed by atoms with E-state index in [9.17, 15) is 10.1 Å². The second-order valence-electron chi connectivity index (χ2n) is 7.46. The van der Waals surface area contributed by atoms with Crippen LogP contribution in [0.2, 0.25) is 0 Å². The Labute approximate surface area is 188 Å². The van der Waals surface area contributed by atoms with E-state index in [2.05, 4.69) is 6.07 Å². The fourth-order valence-electron chi connectivity index (χ4n) is 3.96. The van der Waals surface area contributed by atoms with E-state index in [-0.39, 0.29) is 5.88 Å². The van der Waals surface area contributed by atoms with Crippen molar-refractivity contribution in [3.8, 4) is 17.6 Å². The topological polar surface area (TPSA) is 85.3 Å².